The first kappa shape index (κ1) is 22.8. The van der Waals surface area contributed by atoms with Gasteiger partial charge in [-0.2, -0.15) is 0 Å². The van der Waals surface area contributed by atoms with E-state index in [1.165, 1.54) is 5.56 Å². The summed E-state index contributed by atoms with van der Waals surface area (Å²) in [5.41, 5.74) is 0.0493. The molecule has 5 aliphatic rings. The number of methoxy groups -OCH3 is 1. The molecule has 6 rings (SSSR count). The van der Waals surface area contributed by atoms with Gasteiger partial charge in [-0.15, -0.1) is 0 Å². The van der Waals surface area contributed by atoms with Gasteiger partial charge in [-0.3, -0.25) is 0 Å². The monoisotopic (exact) mass is 440 g/mol. The average Bonchev–Trinajstić information content (AvgIpc) is 2.96. The van der Waals surface area contributed by atoms with E-state index in [-0.39, 0.29) is 53.2 Å². The smallest absolute Gasteiger partial charge is 0.464 e. The Morgan fingerprint density at radius 1 is 0.844 bits per heavy atom. The maximum Gasteiger partial charge on any atom is 0.464 e. The number of rotatable bonds is 5. The predicted octanol–water partition coefficient (Wildman–Crippen LogP) is 5.33. The number of hydrogen-bond acceptors (Lipinski definition) is 5. The summed E-state index contributed by atoms with van der Waals surface area (Å²) in [4.78, 5) is 0. The van der Waals surface area contributed by atoms with E-state index in [0.29, 0.717) is 0 Å². The molecule has 32 heavy (non-hydrogen) atoms. The lowest BCUT2D eigenvalue weighted by Crippen LogP contribution is -2.73. The highest BCUT2D eigenvalue weighted by atomic mass is 16.7. The fourth-order valence-corrected chi connectivity index (χ4v) is 6.45. The zero-order valence-corrected chi connectivity index (χ0v) is 21.2. The molecule has 1 aromatic carbocycles. The third-order valence-electron chi connectivity index (χ3n) is 9.60. The summed E-state index contributed by atoms with van der Waals surface area (Å²) in [6.07, 6.45) is 3.13. The van der Waals surface area contributed by atoms with Crippen molar-refractivity contribution in [2.45, 2.75) is 108 Å². The minimum atomic E-state index is -0.353. The minimum absolute atomic E-state index is 0.0644. The van der Waals surface area contributed by atoms with Crippen LogP contribution in [0.5, 0.6) is 5.75 Å². The van der Waals surface area contributed by atoms with Crippen LogP contribution in [0.2, 0.25) is 11.1 Å². The van der Waals surface area contributed by atoms with Crippen molar-refractivity contribution in [1.29, 1.82) is 0 Å². The van der Waals surface area contributed by atoms with Gasteiger partial charge in [-0.05, 0) is 97.8 Å². The van der Waals surface area contributed by atoms with Crippen LogP contribution in [0, 0.1) is 5.41 Å². The van der Waals surface area contributed by atoms with Crippen LogP contribution in [0.15, 0.2) is 24.3 Å². The molecule has 1 aromatic rings. The molecule has 0 unspecified atom stereocenters. The molecule has 2 bridgehead atoms. The summed E-state index contributed by atoms with van der Waals surface area (Å²) in [6.45, 7) is 17.1. The quantitative estimate of drug-likeness (QED) is 0.580. The van der Waals surface area contributed by atoms with Gasteiger partial charge in [0, 0.05) is 11.1 Å². The lowest BCUT2D eigenvalue weighted by atomic mass is 9.13. The molecule has 7 heteroatoms. The van der Waals surface area contributed by atoms with E-state index in [4.69, 9.17) is 23.4 Å². The van der Waals surface area contributed by atoms with Crippen LogP contribution in [0.4, 0.5) is 0 Å². The third-order valence-corrected chi connectivity index (χ3v) is 9.60. The molecular weight excluding hydrogens is 402 g/mol. The highest BCUT2D eigenvalue weighted by Gasteiger charge is 2.85. The molecule has 5 fully saturated rings. The summed E-state index contributed by atoms with van der Waals surface area (Å²) in [7, 11) is 1.23. The van der Waals surface area contributed by atoms with Gasteiger partial charge in [0.1, 0.15) is 5.75 Å². The van der Waals surface area contributed by atoms with Crippen molar-refractivity contribution in [1.82, 2.24) is 0 Å². The molecule has 2 saturated heterocycles. The zero-order chi connectivity index (χ0) is 23.4. The van der Waals surface area contributed by atoms with Crippen LogP contribution < -0.4 is 4.74 Å². The van der Waals surface area contributed by atoms with Gasteiger partial charge < -0.3 is 23.4 Å². The van der Waals surface area contributed by atoms with E-state index < -0.39 is 0 Å². The summed E-state index contributed by atoms with van der Waals surface area (Å²) in [6, 6.07) is 8.44. The Hall–Kier alpha value is -1.01. The van der Waals surface area contributed by atoms with Crippen molar-refractivity contribution < 1.29 is 23.4 Å². The normalized spacial score (nSPS) is 37.7. The van der Waals surface area contributed by atoms with E-state index in [0.717, 1.165) is 25.0 Å². The zero-order valence-electron chi connectivity index (χ0n) is 21.2. The highest BCUT2D eigenvalue weighted by Crippen LogP contribution is 2.89. The first-order valence-electron chi connectivity index (χ1n) is 12.0. The molecule has 5 nitrogen and oxygen atoms in total. The molecule has 174 valence electrons. The third kappa shape index (κ3) is 2.93. The predicted molar refractivity (Wildman–Crippen MR) is 127 cm³/mol. The van der Waals surface area contributed by atoms with Gasteiger partial charge in [-0.1, -0.05) is 12.1 Å². The second kappa shape index (κ2) is 6.56. The topological polar surface area (TPSA) is 46.2 Å². The fraction of sp³-hybridized carbons (Fsp3) is 0.760. The molecule has 3 aliphatic carbocycles. The van der Waals surface area contributed by atoms with Gasteiger partial charge in [0.25, 0.3) is 0 Å². The van der Waals surface area contributed by atoms with Crippen molar-refractivity contribution in [3.63, 3.8) is 0 Å². The minimum Gasteiger partial charge on any atom is -0.497 e. The van der Waals surface area contributed by atoms with Gasteiger partial charge in [-0.25, -0.2) is 0 Å². The first-order chi connectivity index (χ1) is 14.7. The molecular formula is C25H38B2O5. The second-order valence-corrected chi connectivity index (χ2v) is 12.7. The number of hydrogen-bond donors (Lipinski definition) is 0. The maximum absolute atomic E-state index is 6.61. The van der Waals surface area contributed by atoms with E-state index in [1.807, 2.05) is 6.07 Å². The van der Waals surface area contributed by atoms with Crippen molar-refractivity contribution in [3.05, 3.63) is 29.8 Å². The lowest BCUT2D eigenvalue weighted by molar-refractivity contribution is -0.121. The maximum atomic E-state index is 6.61. The molecule has 3 saturated carbocycles. The Balaban J connectivity index is 1.45. The highest BCUT2D eigenvalue weighted by molar-refractivity contribution is 6.59. The summed E-state index contributed by atoms with van der Waals surface area (Å²) < 4.78 is 31.8. The fourth-order valence-electron chi connectivity index (χ4n) is 6.45. The Labute approximate surface area is 194 Å². The summed E-state index contributed by atoms with van der Waals surface area (Å²) in [5.74, 6) is 1.14. The van der Waals surface area contributed by atoms with E-state index >= 15 is 0 Å². The van der Waals surface area contributed by atoms with Crippen LogP contribution in [0.3, 0.4) is 0 Å². The van der Waals surface area contributed by atoms with Crippen LogP contribution in [-0.4, -0.2) is 43.8 Å². The van der Waals surface area contributed by atoms with Gasteiger partial charge in [0.05, 0.1) is 29.5 Å². The summed E-state index contributed by atoms with van der Waals surface area (Å²) in [5, 5.41) is -0.0644. The van der Waals surface area contributed by atoms with E-state index in [9.17, 15) is 0 Å². The van der Waals surface area contributed by atoms with E-state index in [1.54, 1.807) is 7.11 Å². The van der Waals surface area contributed by atoms with Gasteiger partial charge in [0.2, 0.25) is 0 Å². The van der Waals surface area contributed by atoms with Gasteiger partial charge >= 0.3 is 14.2 Å². The van der Waals surface area contributed by atoms with Crippen molar-refractivity contribution in [2.24, 2.45) is 5.41 Å². The molecule has 0 spiro atoms. The van der Waals surface area contributed by atoms with Crippen LogP contribution in [0.1, 0.15) is 73.8 Å². The Morgan fingerprint density at radius 3 is 1.91 bits per heavy atom. The molecule has 2 aliphatic heterocycles. The van der Waals surface area contributed by atoms with Crippen LogP contribution in [-0.2, 0) is 25.0 Å². The molecule has 0 radical (unpaired) electrons. The van der Waals surface area contributed by atoms with Crippen molar-refractivity contribution in [3.8, 4) is 5.75 Å². The SMILES string of the molecule is COc1cccc(CC23CC(B4OC(C)(C)C(C)(C)O4)(C2)[C@H]3B2OC(C)(C)C(C)(C)O2)c1. The van der Waals surface area contributed by atoms with Gasteiger partial charge in [0.15, 0.2) is 0 Å². The standard InChI is InChI=1S/C25H38B2O5/c1-20(2)21(3,4)30-26(29-20)19-24(14-17-11-10-12-18(13-17)28-9)15-25(19,16-24)27-31-22(5,6)23(7,8)32-27/h10-13,19H,14-16H2,1-9H3/t19-,24?,25?/m0/s1. The molecule has 0 N–H and O–H groups in total. The van der Waals surface area contributed by atoms with Crippen LogP contribution in [0.25, 0.3) is 0 Å². The Kier molecular flexibility index (Phi) is 4.67. The first-order valence-corrected chi connectivity index (χ1v) is 12.0. The van der Waals surface area contributed by atoms with Crippen molar-refractivity contribution >= 4 is 14.2 Å². The van der Waals surface area contributed by atoms with E-state index in [2.05, 4.69) is 73.6 Å². The number of ether oxygens (including phenoxy) is 1. The number of benzene rings is 1. The molecule has 0 aromatic heterocycles. The molecule has 2 heterocycles. The molecule has 0 amide bonds. The van der Waals surface area contributed by atoms with Crippen molar-refractivity contribution in [2.75, 3.05) is 7.11 Å². The summed E-state index contributed by atoms with van der Waals surface area (Å²) >= 11 is 0. The molecule has 1 atom stereocenters. The average molecular weight is 440 g/mol. The van der Waals surface area contributed by atoms with Crippen LogP contribution >= 0.6 is 0 Å². The Bertz CT molecular complexity index is 887. The largest absolute Gasteiger partial charge is 0.497 e. The lowest BCUT2D eigenvalue weighted by Gasteiger charge is -2.77. The Morgan fingerprint density at radius 2 is 1.38 bits per heavy atom. The second-order valence-electron chi connectivity index (χ2n) is 12.7.